The van der Waals surface area contributed by atoms with Crippen LogP contribution in [0.2, 0.25) is 0 Å². The van der Waals surface area contributed by atoms with E-state index in [-0.39, 0.29) is 16.7 Å². The van der Waals surface area contributed by atoms with Gasteiger partial charge in [-0.1, -0.05) is 49.7 Å². The number of amides is 1. The summed E-state index contributed by atoms with van der Waals surface area (Å²) in [6.07, 6.45) is 1.58. The monoisotopic (exact) mass is 332 g/mol. The average molecular weight is 332 g/mol. The summed E-state index contributed by atoms with van der Waals surface area (Å²) in [6.45, 7) is 2.02. The zero-order valence-corrected chi connectivity index (χ0v) is 13.7. The number of primary sulfonamides is 1. The van der Waals surface area contributed by atoms with E-state index in [1.165, 1.54) is 12.1 Å². The van der Waals surface area contributed by atoms with Crippen LogP contribution in [0.15, 0.2) is 59.5 Å². The summed E-state index contributed by atoms with van der Waals surface area (Å²) in [6, 6.07) is 15.5. The second-order valence-corrected chi connectivity index (χ2v) is 6.88. The first-order valence-electron chi connectivity index (χ1n) is 7.40. The normalized spacial score (nSPS) is 12.6. The van der Waals surface area contributed by atoms with Crippen LogP contribution in [0.5, 0.6) is 0 Å². The molecule has 2 rings (SSSR count). The second kappa shape index (κ2) is 7.39. The zero-order chi connectivity index (χ0) is 16.9. The van der Waals surface area contributed by atoms with Crippen LogP contribution in [0.3, 0.4) is 0 Å². The van der Waals surface area contributed by atoms with Crippen molar-refractivity contribution in [3.63, 3.8) is 0 Å². The van der Waals surface area contributed by atoms with Gasteiger partial charge in [-0.2, -0.15) is 0 Å². The Balaban J connectivity index is 2.22. The lowest BCUT2D eigenvalue weighted by Crippen LogP contribution is -2.21. The second-order valence-electron chi connectivity index (χ2n) is 5.31. The van der Waals surface area contributed by atoms with E-state index >= 15 is 0 Å². The third kappa shape index (κ3) is 4.64. The third-order valence-corrected chi connectivity index (χ3v) is 4.44. The standard InChI is InChI=1S/C17H20N2O3S/c1-2-7-16(13-8-4-3-5-9-13)17(20)19-14-10-6-11-15(12-14)23(18,21)22/h3-6,8-12,16H,2,7H2,1H3,(H,19,20)(H2,18,21,22)/t16-/m0/s1. The van der Waals surface area contributed by atoms with Crippen molar-refractivity contribution in [3.05, 3.63) is 60.2 Å². The van der Waals surface area contributed by atoms with Gasteiger partial charge in [0.2, 0.25) is 15.9 Å². The summed E-state index contributed by atoms with van der Waals surface area (Å²) in [5, 5.41) is 7.89. The van der Waals surface area contributed by atoms with Gasteiger partial charge in [0.25, 0.3) is 0 Å². The van der Waals surface area contributed by atoms with E-state index in [0.29, 0.717) is 12.1 Å². The molecule has 2 aromatic rings. The number of sulfonamides is 1. The molecule has 1 atom stereocenters. The maximum absolute atomic E-state index is 12.6. The summed E-state index contributed by atoms with van der Waals surface area (Å²) in [5.41, 5.74) is 1.35. The number of rotatable bonds is 6. The van der Waals surface area contributed by atoms with E-state index in [1.54, 1.807) is 12.1 Å². The highest BCUT2D eigenvalue weighted by atomic mass is 32.2. The molecule has 0 bridgehead atoms. The highest BCUT2D eigenvalue weighted by Gasteiger charge is 2.20. The lowest BCUT2D eigenvalue weighted by atomic mass is 9.93. The van der Waals surface area contributed by atoms with Gasteiger partial charge in [0.05, 0.1) is 10.8 Å². The predicted octanol–water partition coefficient (Wildman–Crippen LogP) is 2.86. The van der Waals surface area contributed by atoms with E-state index in [2.05, 4.69) is 5.32 Å². The van der Waals surface area contributed by atoms with Gasteiger partial charge in [0.15, 0.2) is 0 Å². The molecule has 0 spiro atoms. The molecule has 3 N–H and O–H groups in total. The number of carbonyl (C=O) groups is 1. The van der Waals surface area contributed by atoms with Crippen LogP contribution < -0.4 is 10.5 Å². The molecule has 122 valence electrons. The van der Waals surface area contributed by atoms with Crippen LogP contribution in [-0.4, -0.2) is 14.3 Å². The quantitative estimate of drug-likeness (QED) is 0.852. The molecule has 0 aliphatic rings. The Morgan fingerprint density at radius 3 is 2.43 bits per heavy atom. The minimum absolute atomic E-state index is 0.0259. The Morgan fingerprint density at radius 2 is 1.83 bits per heavy atom. The fourth-order valence-electron chi connectivity index (χ4n) is 2.40. The molecule has 0 aromatic heterocycles. The van der Waals surface area contributed by atoms with Crippen molar-refractivity contribution in [1.29, 1.82) is 0 Å². The molecule has 0 saturated heterocycles. The molecule has 6 heteroatoms. The van der Waals surface area contributed by atoms with Crippen LogP contribution in [-0.2, 0) is 14.8 Å². The fraction of sp³-hybridized carbons (Fsp3) is 0.235. The fourth-order valence-corrected chi connectivity index (χ4v) is 2.96. The molecule has 0 aliphatic heterocycles. The number of benzene rings is 2. The first kappa shape index (κ1) is 17.2. The average Bonchev–Trinajstić information content (AvgIpc) is 2.53. The van der Waals surface area contributed by atoms with Gasteiger partial charge in [0.1, 0.15) is 0 Å². The van der Waals surface area contributed by atoms with Crippen molar-refractivity contribution < 1.29 is 13.2 Å². The molecule has 0 aliphatic carbocycles. The zero-order valence-electron chi connectivity index (χ0n) is 12.9. The van der Waals surface area contributed by atoms with Crippen LogP contribution >= 0.6 is 0 Å². The van der Waals surface area contributed by atoms with Gasteiger partial charge in [-0.05, 0) is 30.2 Å². The van der Waals surface area contributed by atoms with Crippen LogP contribution in [0.25, 0.3) is 0 Å². The highest BCUT2D eigenvalue weighted by molar-refractivity contribution is 7.89. The molecule has 0 unspecified atom stereocenters. The molecule has 23 heavy (non-hydrogen) atoms. The Hall–Kier alpha value is -2.18. The van der Waals surface area contributed by atoms with Crippen molar-refractivity contribution in [1.82, 2.24) is 0 Å². The van der Waals surface area contributed by atoms with Gasteiger partial charge in [-0.3, -0.25) is 4.79 Å². The molecule has 1 amide bonds. The number of hydrogen-bond acceptors (Lipinski definition) is 3. The highest BCUT2D eigenvalue weighted by Crippen LogP contribution is 2.24. The minimum Gasteiger partial charge on any atom is -0.326 e. The van der Waals surface area contributed by atoms with E-state index in [4.69, 9.17) is 5.14 Å². The number of carbonyl (C=O) groups excluding carboxylic acids is 1. The van der Waals surface area contributed by atoms with Gasteiger partial charge in [0, 0.05) is 5.69 Å². The number of hydrogen-bond donors (Lipinski definition) is 2. The van der Waals surface area contributed by atoms with Crippen molar-refractivity contribution in [3.8, 4) is 0 Å². The van der Waals surface area contributed by atoms with Crippen molar-refractivity contribution in [2.75, 3.05) is 5.32 Å². The molecule has 0 saturated carbocycles. The Bertz CT molecular complexity index is 773. The molecule has 5 nitrogen and oxygen atoms in total. The number of nitrogens with one attached hydrogen (secondary N) is 1. The molecule has 0 fully saturated rings. The van der Waals surface area contributed by atoms with Gasteiger partial charge in [-0.15, -0.1) is 0 Å². The van der Waals surface area contributed by atoms with E-state index in [1.807, 2.05) is 37.3 Å². The van der Waals surface area contributed by atoms with Crippen molar-refractivity contribution >= 4 is 21.6 Å². The molecular weight excluding hydrogens is 312 g/mol. The molecule has 0 radical (unpaired) electrons. The van der Waals surface area contributed by atoms with Crippen molar-refractivity contribution in [2.45, 2.75) is 30.6 Å². The Morgan fingerprint density at radius 1 is 1.13 bits per heavy atom. The number of nitrogens with two attached hydrogens (primary N) is 1. The number of anilines is 1. The Kier molecular flexibility index (Phi) is 5.52. The van der Waals surface area contributed by atoms with Crippen molar-refractivity contribution in [2.24, 2.45) is 5.14 Å². The van der Waals surface area contributed by atoms with Crippen LogP contribution in [0.4, 0.5) is 5.69 Å². The maximum atomic E-state index is 12.6. The van der Waals surface area contributed by atoms with E-state index < -0.39 is 10.0 Å². The first-order chi connectivity index (χ1) is 10.9. The largest absolute Gasteiger partial charge is 0.326 e. The summed E-state index contributed by atoms with van der Waals surface area (Å²) >= 11 is 0. The summed E-state index contributed by atoms with van der Waals surface area (Å²) in [4.78, 5) is 12.5. The van der Waals surface area contributed by atoms with Gasteiger partial charge in [-0.25, -0.2) is 13.6 Å². The maximum Gasteiger partial charge on any atom is 0.238 e. The summed E-state index contributed by atoms with van der Waals surface area (Å²) in [5.74, 6) is -0.441. The first-order valence-corrected chi connectivity index (χ1v) is 8.95. The molecule has 2 aromatic carbocycles. The van der Waals surface area contributed by atoms with Gasteiger partial charge < -0.3 is 5.32 Å². The topological polar surface area (TPSA) is 89.3 Å². The lowest BCUT2D eigenvalue weighted by Gasteiger charge is -2.17. The van der Waals surface area contributed by atoms with Gasteiger partial charge >= 0.3 is 0 Å². The lowest BCUT2D eigenvalue weighted by molar-refractivity contribution is -0.117. The molecule has 0 heterocycles. The minimum atomic E-state index is -3.80. The van der Waals surface area contributed by atoms with E-state index in [9.17, 15) is 13.2 Å². The predicted molar refractivity (Wildman–Crippen MR) is 90.5 cm³/mol. The summed E-state index contributed by atoms with van der Waals surface area (Å²) in [7, 11) is -3.80. The third-order valence-electron chi connectivity index (χ3n) is 3.53. The SMILES string of the molecule is CCC[C@H](C(=O)Nc1cccc(S(N)(=O)=O)c1)c1ccccc1. The van der Waals surface area contributed by atoms with E-state index in [0.717, 1.165) is 12.0 Å². The molecular formula is C17H20N2O3S. The Labute approximate surface area is 136 Å². The smallest absolute Gasteiger partial charge is 0.238 e. The summed E-state index contributed by atoms with van der Waals surface area (Å²) < 4.78 is 22.8. The van der Waals surface area contributed by atoms with Crippen LogP contribution in [0, 0.1) is 0 Å². The van der Waals surface area contributed by atoms with Crippen LogP contribution in [0.1, 0.15) is 31.2 Å².